The molecule has 0 bridgehead atoms. The molecule has 146 valence electrons. The van der Waals surface area contributed by atoms with Crippen LogP contribution >= 0.6 is 23.4 Å². The maximum Gasteiger partial charge on any atom is 0.255 e. The second kappa shape index (κ2) is 8.59. The third-order valence-corrected chi connectivity index (χ3v) is 5.67. The van der Waals surface area contributed by atoms with Crippen LogP contribution in [-0.2, 0) is 5.75 Å². The molecule has 1 amide bonds. The number of halogens is 1. The molecule has 4 rings (SSSR count). The van der Waals surface area contributed by atoms with Crippen LogP contribution in [0.4, 0.5) is 5.69 Å². The molecule has 0 saturated carbocycles. The zero-order valence-corrected chi connectivity index (χ0v) is 17.2. The molecule has 1 N–H and O–H groups in total. The smallest absolute Gasteiger partial charge is 0.255 e. The number of benzene rings is 2. The lowest BCUT2D eigenvalue weighted by Gasteiger charge is -2.08. The minimum atomic E-state index is -0.192. The van der Waals surface area contributed by atoms with Gasteiger partial charge in [-0.2, -0.15) is 0 Å². The van der Waals surface area contributed by atoms with Crippen LogP contribution in [0.3, 0.4) is 0 Å². The van der Waals surface area contributed by atoms with Crippen LogP contribution < -0.4 is 10.1 Å². The van der Waals surface area contributed by atoms with E-state index in [1.807, 2.05) is 59.3 Å². The van der Waals surface area contributed by atoms with Gasteiger partial charge in [0.1, 0.15) is 11.4 Å². The van der Waals surface area contributed by atoms with Crippen molar-refractivity contribution in [3.63, 3.8) is 0 Å². The normalized spacial score (nSPS) is 10.8. The van der Waals surface area contributed by atoms with Gasteiger partial charge in [-0.25, -0.2) is 4.98 Å². The number of carbonyl (C=O) groups is 1. The van der Waals surface area contributed by atoms with E-state index in [-0.39, 0.29) is 5.91 Å². The number of ether oxygens (including phenoxy) is 1. The van der Waals surface area contributed by atoms with Crippen molar-refractivity contribution in [2.45, 2.75) is 10.6 Å². The van der Waals surface area contributed by atoms with Gasteiger partial charge in [0.15, 0.2) is 0 Å². The summed E-state index contributed by atoms with van der Waals surface area (Å²) in [4.78, 5) is 18.1. The van der Waals surface area contributed by atoms with E-state index in [1.165, 1.54) is 0 Å². The van der Waals surface area contributed by atoms with Crippen LogP contribution in [0.2, 0.25) is 5.02 Å². The van der Waals surface area contributed by atoms with Crippen molar-refractivity contribution in [3.8, 4) is 5.75 Å². The fourth-order valence-electron chi connectivity index (χ4n) is 2.86. The van der Waals surface area contributed by atoms with E-state index in [0.717, 1.165) is 22.0 Å². The molecule has 0 atom stereocenters. The van der Waals surface area contributed by atoms with Crippen molar-refractivity contribution < 1.29 is 9.53 Å². The van der Waals surface area contributed by atoms with Crippen LogP contribution in [-0.4, -0.2) is 22.4 Å². The molecule has 0 aliphatic heterocycles. The van der Waals surface area contributed by atoms with Crippen molar-refractivity contribution >= 4 is 40.6 Å². The molecule has 0 aliphatic carbocycles. The lowest BCUT2D eigenvalue weighted by atomic mass is 10.2. The second-order valence-electron chi connectivity index (χ2n) is 6.31. The van der Waals surface area contributed by atoms with E-state index in [1.54, 1.807) is 37.1 Å². The Hall–Kier alpha value is -2.96. The number of thioether (sulfide) groups is 1. The van der Waals surface area contributed by atoms with Gasteiger partial charge in [0.25, 0.3) is 5.91 Å². The highest BCUT2D eigenvalue weighted by Crippen LogP contribution is 2.28. The van der Waals surface area contributed by atoms with E-state index in [2.05, 4.69) is 10.3 Å². The van der Waals surface area contributed by atoms with Gasteiger partial charge in [-0.05, 0) is 54.6 Å². The molecular formula is C22H18ClN3O2S. The molecule has 0 spiro atoms. The van der Waals surface area contributed by atoms with E-state index in [9.17, 15) is 4.79 Å². The van der Waals surface area contributed by atoms with E-state index in [0.29, 0.717) is 22.0 Å². The van der Waals surface area contributed by atoms with Crippen molar-refractivity contribution in [1.82, 2.24) is 9.38 Å². The van der Waals surface area contributed by atoms with Gasteiger partial charge >= 0.3 is 0 Å². The number of hydrogen-bond donors (Lipinski definition) is 1. The maximum absolute atomic E-state index is 12.5. The second-order valence-corrected chi connectivity index (χ2v) is 7.77. The summed E-state index contributed by atoms with van der Waals surface area (Å²) in [5, 5.41) is 3.29. The molecule has 29 heavy (non-hydrogen) atoms. The molecule has 5 nitrogen and oxygen atoms in total. The van der Waals surface area contributed by atoms with E-state index >= 15 is 0 Å². The van der Waals surface area contributed by atoms with Crippen molar-refractivity contribution in [2.24, 2.45) is 0 Å². The molecule has 7 heteroatoms. The average Bonchev–Trinajstić information content (AvgIpc) is 3.16. The zero-order chi connectivity index (χ0) is 20.2. The molecule has 0 radical (unpaired) electrons. The molecule has 4 aromatic rings. The lowest BCUT2D eigenvalue weighted by molar-refractivity contribution is 0.102. The summed E-state index contributed by atoms with van der Waals surface area (Å²) < 4.78 is 7.13. The fraction of sp³-hybridized carbons (Fsp3) is 0.0909. The molecule has 0 fully saturated rings. The van der Waals surface area contributed by atoms with E-state index in [4.69, 9.17) is 16.3 Å². The van der Waals surface area contributed by atoms with Gasteiger partial charge in [-0.3, -0.25) is 4.79 Å². The van der Waals surface area contributed by atoms with Gasteiger partial charge in [0.05, 0.1) is 17.8 Å². The summed E-state index contributed by atoms with van der Waals surface area (Å²) in [6.07, 6.45) is 4.02. The van der Waals surface area contributed by atoms with E-state index < -0.39 is 0 Å². The first-order chi connectivity index (χ1) is 14.1. The number of amides is 1. The molecule has 2 aromatic heterocycles. The Balaban J connectivity index is 1.38. The monoisotopic (exact) mass is 423 g/mol. The number of methoxy groups -OCH3 is 1. The first-order valence-corrected chi connectivity index (χ1v) is 10.3. The number of aromatic nitrogens is 2. The summed E-state index contributed by atoms with van der Waals surface area (Å²) in [5.41, 5.74) is 3.15. The standard InChI is InChI=1S/C22H18ClN3O2S/c1-28-20-10-7-16(12-19(20)23)25-22(27)15-5-8-18(9-6-15)29-14-17-13-26-11-3-2-4-21(26)24-17/h2-13H,14H2,1H3,(H,25,27). The Morgan fingerprint density at radius 2 is 2.00 bits per heavy atom. The Kier molecular flexibility index (Phi) is 5.74. The first kappa shape index (κ1) is 19.4. The quantitative estimate of drug-likeness (QED) is 0.413. The largest absolute Gasteiger partial charge is 0.495 e. The Labute approximate surface area is 177 Å². The number of carbonyl (C=O) groups excluding carboxylic acids is 1. The Bertz CT molecular complexity index is 1130. The summed E-state index contributed by atoms with van der Waals surface area (Å²) in [6, 6.07) is 18.6. The number of imidazole rings is 1. The van der Waals surface area contributed by atoms with Crippen LogP contribution in [0.1, 0.15) is 16.1 Å². The van der Waals surface area contributed by atoms with Crippen LogP contribution in [0, 0.1) is 0 Å². The zero-order valence-electron chi connectivity index (χ0n) is 15.6. The summed E-state index contributed by atoms with van der Waals surface area (Å²) in [7, 11) is 1.55. The number of fused-ring (bicyclic) bond motifs is 1. The lowest BCUT2D eigenvalue weighted by Crippen LogP contribution is -2.11. The van der Waals surface area contributed by atoms with Crippen molar-refractivity contribution in [2.75, 3.05) is 12.4 Å². The van der Waals surface area contributed by atoms with Crippen LogP contribution in [0.5, 0.6) is 5.75 Å². The molecule has 2 heterocycles. The molecular weight excluding hydrogens is 406 g/mol. The Morgan fingerprint density at radius 3 is 2.72 bits per heavy atom. The fourth-order valence-corrected chi connectivity index (χ4v) is 3.90. The summed E-state index contributed by atoms with van der Waals surface area (Å²) in [5.74, 6) is 1.14. The van der Waals surface area contributed by atoms with Crippen LogP contribution in [0.25, 0.3) is 5.65 Å². The van der Waals surface area contributed by atoms with Gasteiger partial charge in [0, 0.05) is 34.3 Å². The summed E-state index contributed by atoms with van der Waals surface area (Å²) in [6.45, 7) is 0. The predicted octanol–water partition coefficient (Wildman–Crippen LogP) is 5.54. The average molecular weight is 424 g/mol. The molecule has 0 saturated heterocycles. The SMILES string of the molecule is COc1ccc(NC(=O)c2ccc(SCc3cn4ccccc4n3)cc2)cc1Cl. The number of nitrogens with zero attached hydrogens (tertiary/aromatic N) is 2. The molecule has 0 aliphatic rings. The van der Waals surface area contributed by atoms with Gasteiger partial charge < -0.3 is 14.5 Å². The van der Waals surface area contributed by atoms with Crippen molar-refractivity contribution in [1.29, 1.82) is 0 Å². The first-order valence-electron chi connectivity index (χ1n) is 8.93. The Morgan fingerprint density at radius 1 is 1.17 bits per heavy atom. The molecule has 0 unspecified atom stereocenters. The minimum Gasteiger partial charge on any atom is -0.495 e. The number of rotatable bonds is 6. The third-order valence-electron chi connectivity index (χ3n) is 4.33. The summed E-state index contributed by atoms with van der Waals surface area (Å²) >= 11 is 7.79. The number of anilines is 1. The number of hydrogen-bond acceptors (Lipinski definition) is 4. The molecule has 2 aromatic carbocycles. The minimum absolute atomic E-state index is 0.192. The van der Waals surface area contributed by atoms with Gasteiger partial charge in [-0.1, -0.05) is 17.7 Å². The number of pyridine rings is 1. The number of nitrogens with one attached hydrogen (secondary N) is 1. The predicted molar refractivity (Wildman–Crippen MR) is 117 cm³/mol. The maximum atomic E-state index is 12.5. The topological polar surface area (TPSA) is 55.6 Å². The highest BCUT2D eigenvalue weighted by atomic mass is 35.5. The third kappa shape index (κ3) is 4.55. The van der Waals surface area contributed by atoms with Crippen molar-refractivity contribution in [3.05, 3.63) is 89.3 Å². The van der Waals surface area contributed by atoms with Gasteiger partial charge in [0.2, 0.25) is 0 Å². The van der Waals surface area contributed by atoms with Crippen LogP contribution in [0.15, 0.2) is 78.0 Å². The van der Waals surface area contributed by atoms with Gasteiger partial charge in [-0.15, -0.1) is 11.8 Å². The highest BCUT2D eigenvalue weighted by molar-refractivity contribution is 7.98. The highest BCUT2D eigenvalue weighted by Gasteiger charge is 2.09.